The third-order valence-electron chi connectivity index (χ3n) is 1.36. The fourth-order valence-electron chi connectivity index (χ4n) is 0.731. The van der Waals surface area contributed by atoms with E-state index in [1.54, 1.807) is 6.92 Å². The maximum Gasteiger partial charge on any atom is 0.401 e. The van der Waals surface area contributed by atoms with Crippen molar-refractivity contribution in [3.05, 3.63) is 10.6 Å². The highest BCUT2D eigenvalue weighted by atomic mass is 32.1. The molecule has 1 rings (SSSR count). The summed E-state index contributed by atoms with van der Waals surface area (Å²) in [4.78, 5) is 0.740. The Morgan fingerprint density at radius 1 is 1.46 bits per heavy atom. The Balaban J connectivity index is 2.32. The summed E-state index contributed by atoms with van der Waals surface area (Å²) in [5, 5.41) is 5.95. The van der Waals surface area contributed by atoms with Gasteiger partial charge in [0.25, 0.3) is 0 Å². The fraction of sp³-hybridized carbons (Fsp3) is 0.667. The predicted octanol–water partition coefficient (Wildman–Crippen LogP) is 1.50. The van der Waals surface area contributed by atoms with Crippen molar-refractivity contribution in [2.24, 2.45) is 0 Å². The molecule has 0 amide bonds. The average molecular weight is 211 g/mol. The number of nitrogens with zero attached hydrogens (tertiary/aromatic N) is 2. The maximum atomic E-state index is 11.7. The Hall–Kier alpha value is -0.690. The summed E-state index contributed by atoms with van der Waals surface area (Å²) in [7, 11) is 0. The fourth-order valence-corrected chi connectivity index (χ4v) is 1.33. The molecule has 7 heteroatoms. The van der Waals surface area contributed by atoms with Gasteiger partial charge in [0.2, 0.25) is 0 Å². The summed E-state index contributed by atoms with van der Waals surface area (Å²) < 4.78 is 38.7. The zero-order chi connectivity index (χ0) is 9.90. The SMILES string of the molecule is Cc1nnsc1CNCC(F)(F)F. The van der Waals surface area contributed by atoms with Gasteiger partial charge in [-0.05, 0) is 18.5 Å². The van der Waals surface area contributed by atoms with Gasteiger partial charge >= 0.3 is 6.18 Å². The Bertz CT molecular complexity index is 270. The van der Waals surface area contributed by atoms with Crippen LogP contribution in [-0.4, -0.2) is 22.3 Å². The Kier molecular flexibility index (Phi) is 3.21. The Labute approximate surface area is 77.1 Å². The number of hydrogen-bond acceptors (Lipinski definition) is 4. The van der Waals surface area contributed by atoms with E-state index < -0.39 is 12.7 Å². The summed E-state index contributed by atoms with van der Waals surface area (Å²) in [6, 6.07) is 0. The van der Waals surface area contributed by atoms with Gasteiger partial charge in [-0.25, -0.2) is 0 Å². The largest absolute Gasteiger partial charge is 0.401 e. The summed E-state index contributed by atoms with van der Waals surface area (Å²) >= 11 is 1.11. The monoisotopic (exact) mass is 211 g/mol. The predicted molar refractivity (Wildman–Crippen MR) is 42.4 cm³/mol. The van der Waals surface area contributed by atoms with E-state index in [2.05, 4.69) is 14.9 Å². The standard InChI is InChI=1S/C6H8F3N3S/c1-4-5(13-12-11-4)2-10-3-6(7,8)9/h10H,2-3H2,1H3. The molecule has 0 spiro atoms. The molecule has 0 aliphatic carbocycles. The lowest BCUT2D eigenvalue weighted by atomic mass is 10.4. The highest BCUT2D eigenvalue weighted by Gasteiger charge is 2.26. The minimum Gasteiger partial charge on any atom is -0.304 e. The minimum absolute atomic E-state index is 0.170. The van der Waals surface area contributed by atoms with Crippen LogP contribution in [0, 0.1) is 6.92 Å². The first kappa shape index (κ1) is 10.4. The first-order valence-corrected chi connectivity index (χ1v) is 4.31. The highest BCUT2D eigenvalue weighted by molar-refractivity contribution is 7.05. The van der Waals surface area contributed by atoms with E-state index in [0.29, 0.717) is 5.69 Å². The molecule has 0 atom stereocenters. The van der Waals surface area contributed by atoms with Gasteiger partial charge in [-0.2, -0.15) is 13.2 Å². The van der Waals surface area contributed by atoms with Crippen LogP contribution in [0.25, 0.3) is 0 Å². The molecule has 0 radical (unpaired) electrons. The number of hydrogen-bond donors (Lipinski definition) is 1. The second-order valence-electron chi connectivity index (χ2n) is 2.50. The van der Waals surface area contributed by atoms with E-state index in [1.165, 1.54) is 0 Å². The van der Waals surface area contributed by atoms with Crippen molar-refractivity contribution in [3.8, 4) is 0 Å². The second-order valence-corrected chi connectivity index (χ2v) is 3.34. The van der Waals surface area contributed by atoms with Crippen molar-refractivity contribution < 1.29 is 13.2 Å². The van der Waals surface area contributed by atoms with Crippen molar-refractivity contribution >= 4 is 11.5 Å². The first-order valence-electron chi connectivity index (χ1n) is 3.54. The van der Waals surface area contributed by atoms with Crippen molar-refractivity contribution in [2.75, 3.05) is 6.54 Å². The van der Waals surface area contributed by atoms with Gasteiger partial charge in [0.1, 0.15) is 0 Å². The number of alkyl halides is 3. The summed E-state index contributed by atoms with van der Waals surface area (Å²) in [5.41, 5.74) is 0.680. The van der Waals surface area contributed by atoms with E-state index in [1.807, 2.05) is 0 Å². The molecule has 1 heterocycles. The molecule has 1 aromatic rings. The normalized spacial score (nSPS) is 12.0. The molecule has 1 aromatic heterocycles. The van der Waals surface area contributed by atoms with Crippen LogP contribution >= 0.6 is 11.5 Å². The minimum atomic E-state index is -4.16. The molecule has 0 fully saturated rings. The van der Waals surface area contributed by atoms with Crippen molar-refractivity contribution in [1.29, 1.82) is 0 Å². The lowest BCUT2D eigenvalue weighted by molar-refractivity contribution is -0.125. The number of aromatic nitrogens is 2. The Morgan fingerprint density at radius 2 is 2.15 bits per heavy atom. The topological polar surface area (TPSA) is 37.8 Å². The quantitative estimate of drug-likeness (QED) is 0.823. The van der Waals surface area contributed by atoms with E-state index in [4.69, 9.17) is 0 Å². The number of halogens is 3. The number of aryl methyl sites for hydroxylation is 1. The average Bonchev–Trinajstić information content (AvgIpc) is 2.34. The van der Waals surface area contributed by atoms with Crippen molar-refractivity contribution in [3.63, 3.8) is 0 Å². The first-order chi connectivity index (χ1) is 5.99. The molecular weight excluding hydrogens is 203 g/mol. The van der Waals surface area contributed by atoms with Gasteiger partial charge in [-0.15, -0.1) is 5.10 Å². The molecule has 0 unspecified atom stereocenters. The number of nitrogens with one attached hydrogen (secondary N) is 1. The van der Waals surface area contributed by atoms with Gasteiger partial charge in [0.05, 0.1) is 17.1 Å². The zero-order valence-corrected chi connectivity index (χ0v) is 7.67. The molecular formula is C6H8F3N3S. The molecule has 1 N–H and O–H groups in total. The van der Waals surface area contributed by atoms with Gasteiger partial charge in [-0.1, -0.05) is 4.49 Å². The molecule has 74 valence electrons. The van der Waals surface area contributed by atoms with Crippen molar-refractivity contribution in [1.82, 2.24) is 14.9 Å². The van der Waals surface area contributed by atoms with Crippen LogP contribution in [0.3, 0.4) is 0 Å². The van der Waals surface area contributed by atoms with Crippen LogP contribution in [-0.2, 0) is 6.54 Å². The van der Waals surface area contributed by atoms with Crippen LogP contribution in [0.4, 0.5) is 13.2 Å². The highest BCUT2D eigenvalue weighted by Crippen LogP contribution is 2.13. The molecule has 0 saturated carbocycles. The van der Waals surface area contributed by atoms with Crippen LogP contribution < -0.4 is 5.32 Å². The molecule has 0 saturated heterocycles. The Morgan fingerprint density at radius 3 is 2.62 bits per heavy atom. The summed E-state index contributed by atoms with van der Waals surface area (Å²) in [6.07, 6.45) is -4.16. The lowest BCUT2D eigenvalue weighted by Gasteiger charge is -2.06. The lowest BCUT2D eigenvalue weighted by Crippen LogP contribution is -2.28. The van der Waals surface area contributed by atoms with Gasteiger partial charge in [-0.3, -0.25) is 0 Å². The van der Waals surface area contributed by atoms with Crippen LogP contribution in [0.15, 0.2) is 0 Å². The summed E-state index contributed by atoms with van der Waals surface area (Å²) in [5.74, 6) is 0. The van der Waals surface area contributed by atoms with Gasteiger partial charge in [0.15, 0.2) is 0 Å². The zero-order valence-electron chi connectivity index (χ0n) is 6.85. The van der Waals surface area contributed by atoms with Crippen molar-refractivity contribution in [2.45, 2.75) is 19.6 Å². The van der Waals surface area contributed by atoms with Crippen LogP contribution in [0.1, 0.15) is 10.6 Å². The number of rotatable bonds is 3. The molecule has 3 nitrogen and oxygen atoms in total. The smallest absolute Gasteiger partial charge is 0.304 e. The van der Waals surface area contributed by atoms with Crippen LogP contribution in [0.2, 0.25) is 0 Å². The van der Waals surface area contributed by atoms with Crippen LogP contribution in [0.5, 0.6) is 0 Å². The van der Waals surface area contributed by atoms with Gasteiger partial charge in [0, 0.05) is 6.54 Å². The maximum absolute atomic E-state index is 11.7. The van der Waals surface area contributed by atoms with E-state index in [9.17, 15) is 13.2 Å². The van der Waals surface area contributed by atoms with E-state index >= 15 is 0 Å². The van der Waals surface area contributed by atoms with E-state index in [0.717, 1.165) is 16.4 Å². The second kappa shape index (κ2) is 4.01. The summed E-state index contributed by atoms with van der Waals surface area (Å²) in [6.45, 7) is 0.904. The third kappa shape index (κ3) is 3.69. The molecule has 0 aromatic carbocycles. The molecule has 0 aliphatic rings. The molecule has 0 aliphatic heterocycles. The van der Waals surface area contributed by atoms with Gasteiger partial charge < -0.3 is 5.32 Å². The van der Waals surface area contributed by atoms with E-state index in [-0.39, 0.29) is 6.54 Å². The molecule has 0 bridgehead atoms. The third-order valence-corrected chi connectivity index (χ3v) is 2.18. The molecule has 13 heavy (non-hydrogen) atoms.